The Morgan fingerprint density at radius 3 is 2.67 bits per heavy atom. The molecule has 7 heteroatoms. The van der Waals surface area contributed by atoms with Crippen molar-refractivity contribution in [3.05, 3.63) is 71.2 Å². The summed E-state index contributed by atoms with van der Waals surface area (Å²) >= 11 is 0. The summed E-state index contributed by atoms with van der Waals surface area (Å²) in [6, 6.07) is 14.1. The van der Waals surface area contributed by atoms with E-state index in [4.69, 9.17) is 0 Å². The minimum absolute atomic E-state index is 0. The summed E-state index contributed by atoms with van der Waals surface area (Å²) in [5, 5.41) is 12.8. The van der Waals surface area contributed by atoms with E-state index in [0.717, 1.165) is 31.0 Å². The van der Waals surface area contributed by atoms with Crippen LogP contribution in [0.25, 0.3) is 0 Å². The Morgan fingerprint density at radius 2 is 1.85 bits per heavy atom. The summed E-state index contributed by atoms with van der Waals surface area (Å²) < 4.78 is 13.4. The molecule has 0 aliphatic carbocycles. The lowest BCUT2D eigenvalue weighted by Crippen LogP contribution is -2.31. The molecule has 0 amide bonds. The summed E-state index contributed by atoms with van der Waals surface area (Å²) in [5.74, 6) is 0.654. The molecule has 27 heavy (non-hydrogen) atoms. The first-order valence-corrected chi connectivity index (χ1v) is 8.51. The number of nitrogens with zero attached hydrogens (tertiary/aromatic N) is 3. The Balaban J connectivity index is 0.00000210. The minimum atomic E-state index is -0.439. The van der Waals surface area contributed by atoms with E-state index < -0.39 is 5.82 Å². The Morgan fingerprint density at radius 1 is 1.07 bits per heavy atom. The number of halogens is 2. The average molecular weight is 387 g/mol. The van der Waals surface area contributed by atoms with Crippen molar-refractivity contribution in [2.75, 3.05) is 16.8 Å². The largest absolute Gasteiger partial charge is 0.506 e. The third kappa shape index (κ3) is 4.11. The molecule has 2 heterocycles. The Kier molecular flexibility index (Phi) is 5.46. The van der Waals surface area contributed by atoms with Crippen molar-refractivity contribution >= 4 is 29.9 Å². The van der Waals surface area contributed by atoms with E-state index in [1.54, 1.807) is 0 Å². The fourth-order valence-corrected chi connectivity index (χ4v) is 3.19. The summed E-state index contributed by atoms with van der Waals surface area (Å²) in [4.78, 5) is 11.1. The van der Waals surface area contributed by atoms with Crippen LogP contribution in [0.2, 0.25) is 0 Å². The van der Waals surface area contributed by atoms with Gasteiger partial charge in [-0.05, 0) is 36.6 Å². The van der Waals surface area contributed by atoms with Crippen molar-refractivity contribution in [3.8, 4) is 5.75 Å². The number of aromatic nitrogens is 2. The SMILES string of the molecule is Cc1cc(N2CCc3ccccc3C2)nc(Nc2cc(F)ccc2O)n1.Cl. The highest BCUT2D eigenvalue weighted by atomic mass is 35.5. The molecule has 1 aliphatic heterocycles. The number of phenols is 1. The third-order valence-electron chi connectivity index (χ3n) is 4.50. The maximum Gasteiger partial charge on any atom is 0.229 e. The number of phenolic OH excluding ortho intramolecular Hbond substituents is 1. The van der Waals surface area contributed by atoms with Crippen molar-refractivity contribution in [1.29, 1.82) is 0 Å². The molecule has 0 saturated carbocycles. The van der Waals surface area contributed by atoms with Crippen molar-refractivity contribution in [3.63, 3.8) is 0 Å². The van der Waals surface area contributed by atoms with Gasteiger partial charge in [0, 0.05) is 30.9 Å². The number of anilines is 3. The van der Waals surface area contributed by atoms with Crippen LogP contribution in [-0.4, -0.2) is 21.6 Å². The zero-order valence-corrected chi connectivity index (χ0v) is 15.6. The number of fused-ring (bicyclic) bond motifs is 1. The van der Waals surface area contributed by atoms with Crippen LogP contribution >= 0.6 is 12.4 Å². The van der Waals surface area contributed by atoms with Gasteiger partial charge in [-0.3, -0.25) is 0 Å². The Labute approximate surface area is 163 Å². The van der Waals surface area contributed by atoms with Crippen LogP contribution in [0.4, 0.5) is 21.8 Å². The van der Waals surface area contributed by atoms with E-state index in [9.17, 15) is 9.50 Å². The summed E-state index contributed by atoms with van der Waals surface area (Å²) in [7, 11) is 0. The number of hydrogen-bond donors (Lipinski definition) is 2. The van der Waals surface area contributed by atoms with Gasteiger partial charge < -0.3 is 15.3 Å². The van der Waals surface area contributed by atoms with Gasteiger partial charge in [0.15, 0.2) is 0 Å². The molecule has 0 atom stereocenters. The normalized spacial score (nSPS) is 12.9. The maximum atomic E-state index is 13.4. The quantitative estimate of drug-likeness (QED) is 0.655. The van der Waals surface area contributed by atoms with Crippen LogP contribution < -0.4 is 10.2 Å². The lowest BCUT2D eigenvalue weighted by Gasteiger charge is -2.30. The molecule has 1 aliphatic rings. The number of rotatable bonds is 3. The Bertz CT molecular complexity index is 966. The molecular weight excluding hydrogens is 367 g/mol. The highest BCUT2D eigenvalue weighted by Crippen LogP contribution is 2.28. The van der Waals surface area contributed by atoms with E-state index in [-0.39, 0.29) is 23.8 Å². The molecule has 0 saturated heterocycles. The van der Waals surface area contributed by atoms with Crippen LogP contribution in [0, 0.1) is 12.7 Å². The summed E-state index contributed by atoms with van der Waals surface area (Å²) in [6.45, 7) is 3.55. The number of benzene rings is 2. The lowest BCUT2D eigenvalue weighted by atomic mass is 10.00. The smallest absolute Gasteiger partial charge is 0.229 e. The van der Waals surface area contributed by atoms with Crippen molar-refractivity contribution in [2.45, 2.75) is 19.9 Å². The van der Waals surface area contributed by atoms with Crippen LogP contribution in [0.15, 0.2) is 48.5 Å². The predicted molar refractivity (Wildman–Crippen MR) is 107 cm³/mol. The van der Waals surface area contributed by atoms with Crippen LogP contribution in [0.1, 0.15) is 16.8 Å². The molecule has 0 fully saturated rings. The van der Waals surface area contributed by atoms with Gasteiger partial charge in [-0.25, -0.2) is 9.37 Å². The van der Waals surface area contributed by atoms with E-state index in [2.05, 4.69) is 38.4 Å². The van der Waals surface area contributed by atoms with E-state index in [0.29, 0.717) is 5.95 Å². The second-order valence-corrected chi connectivity index (χ2v) is 6.42. The minimum Gasteiger partial charge on any atom is -0.506 e. The fraction of sp³-hybridized carbons (Fsp3) is 0.200. The molecule has 0 unspecified atom stereocenters. The molecule has 5 nitrogen and oxygen atoms in total. The lowest BCUT2D eigenvalue weighted by molar-refractivity contribution is 0.475. The van der Waals surface area contributed by atoms with Crippen molar-refractivity contribution < 1.29 is 9.50 Å². The molecule has 0 radical (unpaired) electrons. The maximum absolute atomic E-state index is 13.4. The van der Waals surface area contributed by atoms with Crippen molar-refractivity contribution in [1.82, 2.24) is 9.97 Å². The molecule has 1 aromatic heterocycles. The van der Waals surface area contributed by atoms with Gasteiger partial charge in [0.2, 0.25) is 5.95 Å². The van der Waals surface area contributed by atoms with Gasteiger partial charge in [0.05, 0.1) is 5.69 Å². The number of aromatic hydroxyl groups is 1. The molecule has 2 aromatic carbocycles. The Hall–Kier alpha value is -2.86. The van der Waals surface area contributed by atoms with Crippen LogP contribution in [0.5, 0.6) is 5.75 Å². The van der Waals surface area contributed by atoms with Gasteiger partial charge in [-0.2, -0.15) is 4.98 Å². The first-order valence-electron chi connectivity index (χ1n) is 8.51. The molecule has 0 spiro atoms. The number of aryl methyl sites for hydroxylation is 1. The first-order chi connectivity index (χ1) is 12.6. The predicted octanol–water partition coefficient (Wildman–Crippen LogP) is 4.36. The van der Waals surface area contributed by atoms with Gasteiger partial charge in [-0.1, -0.05) is 24.3 Å². The number of hydrogen-bond acceptors (Lipinski definition) is 5. The standard InChI is InChI=1S/C20H19FN4O.ClH/c1-13-10-19(25-9-8-14-4-2-3-5-15(14)12-25)24-20(22-13)23-17-11-16(21)6-7-18(17)26;/h2-7,10-11,26H,8-9,12H2,1H3,(H,22,23,24);1H. The van der Waals surface area contributed by atoms with E-state index in [1.165, 1.54) is 29.3 Å². The molecule has 140 valence electrons. The molecular formula is C20H20ClFN4O. The van der Waals surface area contributed by atoms with Crippen LogP contribution in [-0.2, 0) is 13.0 Å². The fourth-order valence-electron chi connectivity index (χ4n) is 3.19. The average Bonchev–Trinajstić information content (AvgIpc) is 2.64. The van der Waals surface area contributed by atoms with E-state index >= 15 is 0 Å². The van der Waals surface area contributed by atoms with Crippen molar-refractivity contribution in [2.24, 2.45) is 0 Å². The second kappa shape index (κ2) is 7.80. The van der Waals surface area contributed by atoms with Gasteiger partial charge >= 0.3 is 0 Å². The highest BCUT2D eigenvalue weighted by molar-refractivity contribution is 5.85. The van der Waals surface area contributed by atoms with Gasteiger partial charge in [0.25, 0.3) is 0 Å². The monoisotopic (exact) mass is 386 g/mol. The summed E-state index contributed by atoms with van der Waals surface area (Å²) in [5.41, 5.74) is 3.71. The molecule has 4 rings (SSSR count). The zero-order chi connectivity index (χ0) is 18.1. The van der Waals surface area contributed by atoms with Gasteiger partial charge in [0.1, 0.15) is 17.4 Å². The molecule has 0 bridgehead atoms. The highest BCUT2D eigenvalue weighted by Gasteiger charge is 2.18. The topological polar surface area (TPSA) is 61.3 Å². The first kappa shape index (κ1) is 18.9. The van der Waals surface area contributed by atoms with Gasteiger partial charge in [-0.15, -0.1) is 12.4 Å². The van der Waals surface area contributed by atoms with E-state index in [1.807, 2.05) is 19.1 Å². The zero-order valence-electron chi connectivity index (χ0n) is 14.8. The molecule has 2 N–H and O–H groups in total. The summed E-state index contributed by atoms with van der Waals surface area (Å²) in [6.07, 6.45) is 0.965. The molecule has 3 aromatic rings. The van der Waals surface area contributed by atoms with Crippen LogP contribution in [0.3, 0.4) is 0 Å². The number of nitrogens with one attached hydrogen (secondary N) is 1. The third-order valence-corrected chi connectivity index (χ3v) is 4.50. The second-order valence-electron chi connectivity index (χ2n) is 6.42.